The van der Waals surface area contributed by atoms with Crippen molar-refractivity contribution in [3.8, 4) is 11.5 Å². The van der Waals surface area contributed by atoms with Crippen molar-refractivity contribution in [2.24, 2.45) is 5.73 Å². The molecule has 0 spiro atoms. The molecular formula is C11H14FNO2. The van der Waals surface area contributed by atoms with Crippen LogP contribution in [0.2, 0.25) is 0 Å². The van der Waals surface area contributed by atoms with Gasteiger partial charge in [-0.05, 0) is 13.0 Å². The topological polar surface area (TPSA) is 44.5 Å². The van der Waals surface area contributed by atoms with Crippen molar-refractivity contribution < 1.29 is 13.9 Å². The highest BCUT2D eigenvalue weighted by molar-refractivity contribution is 5.45. The molecule has 0 radical (unpaired) electrons. The minimum atomic E-state index is -0.345. The third kappa shape index (κ3) is 2.04. The van der Waals surface area contributed by atoms with Crippen LogP contribution in [0.25, 0.3) is 0 Å². The van der Waals surface area contributed by atoms with Crippen LogP contribution in [0.15, 0.2) is 12.1 Å². The molecule has 2 N–H and O–H groups in total. The zero-order chi connectivity index (χ0) is 10.8. The van der Waals surface area contributed by atoms with E-state index in [-0.39, 0.29) is 11.9 Å². The number of ether oxygens (including phenoxy) is 2. The number of benzene rings is 1. The van der Waals surface area contributed by atoms with E-state index in [4.69, 9.17) is 15.2 Å². The van der Waals surface area contributed by atoms with Crippen molar-refractivity contribution in [3.63, 3.8) is 0 Å². The molecule has 1 aliphatic heterocycles. The highest BCUT2D eigenvalue weighted by Crippen LogP contribution is 2.33. The van der Waals surface area contributed by atoms with E-state index in [1.807, 2.05) is 0 Å². The molecule has 0 bridgehead atoms. The highest BCUT2D eigenvalue weighted by atomic mass is 19.1. The van der Waals surface area contributed by atoms with Crippen molar-refractivity contribution in [1.82, 2.24) is 0 Å². The van der Waals surface area contributed by atoms with Gasteiger partial charge in [-0.1, -0.05) is 0 Å². The molecule has 82 valence electrons. The summed E-state index contributed by atoms with van der Waals surface area (Å²) in [6, 6.07) is 2.63. The smallest absolute Gasteiger partial charge is 0.164 e. The molecule has 1 aliphatic rings. The molecule has 4 heteroatoms. The van der Waals surface area contributed by atoms with Gasteiger partial charge in [-0.2, -0.15) is 0 Å². The quantitative estimate of drug-likeness (QED) is 0.772. The van der Waals surface area contributed by atoms with E-state index in [2.05, 4.69) is 0 Å². The highest BCUT2D eigenvalue weighted by Gasteiger charge is 2.16. The molecule has 0 aliphatic carbocycles. The molecule has 15 heavy (non-hydrogen) atoms. The predicted molar refractivity (Wildman–Crippen MR) is 54.6 cm³/mol. The molecule has 3 nitrogen and oxygen atoms in total. The summed E-state index contributed by atoms with van der Waals surface area (Å²) >= 11 is 0. The maximum atomic E-state index is 13.5. The lowest BCUT2D eigenvalue weighted by molar-refractivity contribution is 0.296. The molecule has 1 heterocycles. The van der Waals surface area contributed by atoms with E-state index >= 15 is 0 Å². The van der Waals surface area contributed by atoms with Crippen molar-refractivity contribution in [2.75, 3.05) is 13.2 Å². The van der Waals surface area contributed by atoms with E-state index in [0.29, 0.717) is 30.3 Å². The Labute approximate surface area is 88.0 Å². The first kappa shape index (κ1) is 10.2. The number of hydrogen-bond donors (Lipinski definition) is 1. The first-order valence-corrected chi connectivity index (χ1v) is 5.03. The van der Waals surface area contributed by atoms with Crippen LogP contribution >= 0.6 is 0 Å². The molecule has 0 saturated carbocycles. The minimum Gasteiger partial charge on any atom is -0.490 e. The maximum absolute atomic E-state index is 13.5. The second-order valence-corrected chi connectivity index (χ2v) is 3.66. The SMILES string of the molecule is CC(N)c1cc2c(cc1F)OCCCO2. The van der Waals surface area contributed by atoms with E-state index in [1.54, 1.807) is 13.0 Å². The molecular weight excluding hydrogens is 197 g/mol. The molecule has 1 aromatic carbocycles. The fraction of sp³-hybridized carbons (Fsp3) is 0.455. The number of fused-ring (bicyclic) bond motifs is 1. The second-order valence-electron chi connectivity index (χ2n) is 3.66. The molecule has 1 atom stereocenters. The lowest BCUT2D eigenvalue weighted by Gasteiger charge is -2.12. The van der Waals surface area contributed by atoms with E-state index in [0.717, 1.165) is 6.42 Å². The van der Waals surface area contributed by atoms with Gasteiger partial charge in [-0.25, -0.2) is 4.39 Å². The number of rotatable bonds is 1. The maximum Gasteiger partial charge on any atom is 0.164 e. The number of nitrogens with two attached hydrogens (primary N) is 1. The van der Waals surface area contributed by atoms with E-state index in [1.165, 1.54) is 6.07 Å². The van der Waals surface area contributed by atoms with Gasteiger partial charge < -0.3 is 15.2 Å². The Morgan fingerprint density at radius 2 is 1.87 bits per heavy atom. The van der Waals surface area contributed by atoms with Gasteiger partial charge in [0.05, 0.1) is 13.2 Å². The Balaban J connectivity index is 2.42. The standard InChI is InChI=1S/C11H14FNO2/c1-7(13)8-5-10-11(6-9(8)12)15-4-2-3-14-10/h5-7H,2-4,13H2,1H3. The molecule has 0 saturated heterocycles. The summed E-state index contributed by atoms with van der Waals surface area (Å²) in [4.78, 5) is 0. The lowest BCUT2D eigenvalue weighted by Crippen LogP contribution is -2.08. The first-order valence-electron chi connectivity index (χ1n) is 5.03. The van der Waals surface area contributed by atoms with Crippen LogP contribution in [0.1, 0.15) is 24.9 Å². The summed E-state index contributed by atoms with van der Waals surface area (Å²) in [5.74, 6) is 0.713. The average Bonchev–Trinajstić information content (AvgIpc) is 2.40. The molecule has 0 amide bonds. The van der Waals surface area contributed by atoms with Crippen LogP contribution in [0.3, 0.4) is 0 Å². The summed E-state index contributed by atoms with van der Waals surface area (Å²) in [7, 11) is 0. The van der Waals surface area contributed by atoms with Gasteiger partial charge in [0.1, 0.15) is 5.82 Å². The van der Waals surface area contributed by atoms with Gasteiger partial charge in [-0.3, -0.25) is 0 Å². The monoisotopic (exact) mass is 211 g/mol. The Bertz CT molecular complexity index is 366. The van der Waals surface area contributed by atoms with Crippen molar-refractivity contribution in [3.05, 3.63) is 23.5 Å². The molecule has 1 aromatic rings. The Hall–Kier alpha value is -1.29. The Kier molecular flexibility index (Phi) is 2.77. The Morgan fingerprint density at radius 3 is 2.47 bits per heavy atom. The second kappa shape index (κ2) is 4.06. The fourth-order valence-corrected chi connectivity index (χ4v) is 1.55. The van der Waals surface area contributed by atoms with Crippen molar-refractivity contribution >= 4 is 0 Å². The fourth-order valence-electron chi connectivity index (χ4n) is 1.55. The van der Waals surface area contributed by atoms with Crippen LogP contribution in [0.4, 0.5) is 4.39 Å². The number of hydrogen-bond acceptors (Lipinski definition) is 3. The van der Waals surface area contributed by atoms with E-state index in [9.17, 15) is 4.39 Å². The van der Waals surface area contributed by atoms with Crippen LogP contribution < -0.4 is 15.2 Å². The predicted octanol–water partition coefficient (Wildman–Crippen LogP) is 2.01. The Morgan fingerprint density at radius 1 is 1.27 bits per heavy atom. The van der Waals surface area contributed by atoms with Gasteiger partial charge >= 0.3 is 0 Å². The average molecular weight is 211 g/mol. The third-order valence-corrected chi connectivity index (χ3v) is 2.36. The lowest BCUT2D eigenvalue weighted by atomic mass is 10.1. The minimum absolute atomic E-state index is 0.339. The van der Waals surface area contributed by atoms with Crippen molar-refractivity contribution in [2.45, 2.75) is 19.4 Å². The van der Waals surface area contributed by atoms with E-state index < -0.39 is 0 Å². The molecule has 2 rings (SSSR count). The first-order chi connectivity index (χ1) is 7.18. The van der Waals surface area contributed by atoms with Gasteiger partial charge in [-0.15, -0.1) is 0 Å². The van der Waals surface area contributed by atoms with Crippen LogP contribution in [-0.4, -0.2) is 13.2 Å². The zero-order valence-corrected chi connectivity index (χ0v) is 8.63. The van der Waals surface area contributed by atoms with Crippen LogP contribution in [-0.2, 0) is 0 Å². The van der Waals surface area contributed by atoms with Crippen LogP contribution in [0, 0.1) is 5.82 Å². The summed E-state index contributed by atoms with van der Waals surface area (Å²) < 4.78 is 24.4. The summed E-state index contributed by atoms with van der Waals surface area (Å²) in [6.07, 6.45) is 0.809. The summed E-state index contributed by atoms with van der Waals surface area (Å²) in [6.45, 7) is 2.89. The van der Waals surface area contributed by atoms with Crippen molar-refractivity contribution in [1.29, 1.82) is 0 Å². The normalized spacial score (nSPS) is 17.0. The van der Waals surface area contributed by atoms with Gasteiger partial charge in [0.25, 0.3) is 0 Å². The largest absolute Gasteiger partial charge is 0.490 e. The molecule has 1 unspecified atom stereocenters. The molecule has 0 aromatic heterocycles. The van der Waals surface area contributed by atoms with Crippen LogP contribution in [0.5, 0.6) is 11.5 Å². The molecule has 0 fully saturated rings. The zero-order valence-electron chi connectivity index (χ0n) is 8.63. The van der Waals surface area contributed by atoms with Gasteiger partial charge in [0.2, 0.25) is 0 Å². The summed E-state index contributed by atoms with van der Waals surface area (Å²) in [5.41, 5.74) is 6.11. The summed E-state index contributed by atoms with van der Waals surface area (Å²) in [5, 5.41) is 0. The number of halogens is 1. The van der Waals surface area contributed by atoms with Gasteiger partial charge in [0, 0.05) is 24.1 Å². The van der Waals surface area contributed by atoms with Gasteiger partial charge in [0.15, 0.2) is 11.5 Å². The third-order valence-electron chi connectivity index (χ3n) is 2.36.